The summed E-state index contributed by atoms with van der Waals surface area (Å²) in [7, 11) is 2.86. The number of hydrogen-bond acceptors (Lipinski definition) is 6. The molecule has 9 heteroatoms. The molecule has 2 heterocycles. The molecule has 0 radical (unpaired) electrons. The Morgan fingerprint density at radius 3 is 2.53 bits per heavy atom. The summed E-state index contributed by atoms with van der Waals surface area (Å²) in [6.45, 7) is 3.68. The number of carbonyl (C=O) groups is 1. The molecule has 1 aliphatic rings. The van der Waals surface area contributed by atoms with Crippen LogP contribution in [0, 0.1) is 0 Å². The number of rotatable bonds is 8. The van der Waals surface area contributed by atoms with E-state index >= 15 is 0 Å². The van der Waals surface area contributed by atoms with Crippen molar-refractivity contribution in [2.75, 3.05) is 29.0 Å². The zero-order valence-electron chi connectivity index (χ0n) is 18.6. The van der Waals surface area contributed by atoms with E-state index in [1.807, 2.05) is 74.9 Å². The molecule has 7 nitrogen and oxygen atoms in total. The lowest BCUT2D eigenvalue weighted by molar-refractivity contribution is -0.120. The van der Waals surface area contributed by atoms with Gasteiger partial charge in [-0.1, -0.05) is 12.1 Å². The Kier molecular flexibility index (Phi) is 6.30. The van der Waals surface area contributed by atoms with Crippen LogP contribution in [0.15, 0.2) is 48.1 Å². The number of carbonyl (C=O) groups excluding carboxylic acids is 1. The second-order valence-electron chi connectivity index (χ2n) is 8.62. The average molecular weight is 470 g/mol. The van der Waals surface area contributed by atoms with Crippen molar-refractivity contribution in [3.05, 3.63) is 53.8 Å². The van der Waals surface area contributed by atoms with Crippen LogP contribution in [0.3, 0.4) is 0 Å². The van der Waals surface area contributed by atoms with Gasteiger partial charge in [0.05, 0.1) is 28.2 Å². The molecule has 0 saturated heterocycles. The molecular weight excluding hydrogens is 442 g/mol. The predicted octanol–water partition coefficient (Wildman–Crippen LogP) is 4.43. The van der Waals surface area contributed by atoms with Crippen LogP contribution in [-0.2, 0) is 21.2 Å². The van der Waals surface area contributed by atoms with Gasteiger partial charge in [-0.3, -0.25) is 14.5 Å². The number of anilines is 3. The maximum atomic E-state index is 13.0. The summed E-state index contributed by atoms with van der Waals surface area (Å²) >= 11 is 1.37. The largest absolute Gasteiger partial charge is 0.376 e. The lowest BCUT2D eigenvalue weighted by Gasteiger charge is -2.21. The molecule has 0 spiro atoms. The van der Waals surface area contributed by atoms with Crippen LogP contribution in [0.1, 0.15) is 32.4 Å². The summed E-state index contributed by atoms with van der Waals surface area (Å²) in [4.78, 5) is 23.9. The first kappa shape index (κ1) is 22.4. The van der Waals surface area contributed by atoms with Crippen LogP contribution in [0.2, 0.25) is 0 Å². The highest BCUT2D eigenvalue weighted by molar-refractivity contribution is 7.87. The van der Waals surface area contributed by atoms with E-state index < -0.39 is 16.4 Å². The maximum Gasteiger partial charge on any atom is 0.236 e. The SMILES string of the molecule is CN(C)c1cncc(-c2ccc(NC(=O)C(C)(C)c3csc(NS(=O)C4CC4)n3)cc2)c1. The van der Waals surface area contributed by atoms with Crippen molar-refractivity contribution in [2.45, 2.75) is 37.4 Å². The number of pyridine rings is 1. The van der Waals surface area contributed by atoms with Gasteiger partial charge in [-0.15, -0.1) is 11.3 Å². The predicted molar refractivity (Wildman–Crippen MR) is 133 cm³/mol. The van der Waals surface area contributed by atoms with Crippen molar-refractivity contribution in [3.8, 4) is 11.1 Å². The first-order valence-electron chi connectivity index (χ1n) is 10.4. The zero-order chi connectivity index (χ0) is 22.9. The molecule has 0 bridgehead atoms. The summed E-state index contributed by atoms with van der Waals surface area (Å²) < 4.78 is 15.0. The minimum Gasteiger partial charge on any atom is -0.376 e. The Balaban J connectivity index is 1.43. The highest BCUT2D eigenvalue weighted by Crippen LogP contribution is 2.32. The Morgan fingerprint density at radius 2 is 1.88 bits per heavy atom. The third kappa shape index (κ3) is 4.99. The second kappa shape index (κ2) is 8.99. The van der Waals surface area contributed by atoms with Crippen molar-refractivity contribution in [1.82, 2.24) is 9.97 Å². The Morgan fingerprint density at radius 1 is 1.16 bits per heavy atom. The molecule has 3 aromatic rings. The summed E-state index contributed by atoms with van der Waals surface area (Å²) in [5.41, 5.74) is 3.60. The van der Waals surface area contributed by atoms with Gasteiger partial charge in [0, 0.05) is 36.9 Å². The van der Waals surface area contributed by atoms with Crippen LogP contribution < -0.4 is 14.9 Å². The summed E-state index contributed by atoms with van der Waals surface area (Å²) in [5, 5.41) is 5.65. The Hall–Kier alpha value is -2.78. The van der Waals surface area contributed by atoms with E-state index in [0.29, 0.717) is 16.5 Å². The van der Waals surface area contributed by atoms with Gasteiger partial charge in [-0.05, 0) is 50.5 Å². The van der Waals surface area contributed by atoms with Gasteiger partial charge in [0.15, 0.2) is 5.13 Å². The average Bonchev–Trinajstić information content (AvgIpc) is 3.53. The van der Waals surface area contributed by atoms with E-state index in [0.717, 1.165) is 29.7 Å². The molecular formula is C23H27N5O2S2. The molecule has 2 N–H and O–H groups in total. The van der Waals surface area contributed by atoms with Crippen LogP contribution >= 0.6 is 11.3 Å². The topological polar surface area (TPSA) is 87.2 Å². The van der Waals surface area contributed by atoms with E-state index in [2.05, 4.69) is 26.1 Å². The third-order valence-electron chi connectivity index (χ3n) is 5.44. The minimum atomic E-state index is -1.10. The van der Waals surface area contributed by atoms with Crippen LogP contribution in [0.5, 0.6) is 0 Å². The van der Waals surface area contributed by atoms with Gasteiger partial charge in [0.1, 0.15) is 11.0 Å². The number of hydrogen-bond donors (Lipinski definition) is 2. The number of benzene rings is 1. The third-order valence-corrected chi connectivity index (χ3v) is 7.80. The highest BCUT2D eigenvalue weighted by atomic mass is 32.2. The van der Waals surface area contributed by atoms with Crippen molar-refractivity contribution in [3.63, 3.8) is 0 Å². The zero-order valence-corrected chi connectivity index (χ0v) is 20.2. The van der Waals surface area contributed by atoms with Gasteiger partial charge in [-0.2, -0.15) is 0 Å². The van der Waals surface area contributed by atoms with Crippen LogP contribution in [0.25, 0.3) is 11.1 Å². The van der Waals surface area contributed by atoms with Crippen molar-refractivity contribution in [1.29, 1.82) is 0 Å². The highest BCUT2D eigenvalue weighted by Gasteiger charge is 2.33. The standard InChI is InChI=1S/C23H27N5O2S2/c1-23(2,20-14-31-22(26-20)27-32(30)19-9-10-19)21(29)25-17-7-5-15(6-8-17)16-11-18(28(3)4)13-24-12-16/h5-8,11-14,19H,9-10H2,1-4H3,(H,25,29)(H,26,27). The first-order valence-corrected chi connectivity index (χ1v) is 12.5. The normalized spacial score (nSPS) is 14.6. The lowest BCUT2D eigenvalue weighted by Crippen LogP contribution is -2.35. The number of amides is 1. The Bertz CT molecular complexity index is 1140. The maximum absolute atomic E-state index is 13.0. The second-order valence-corrected chi connectivity index (χ2v) is 10.9. The summed E-state index contributed by atoms with van der Waals surface area (Å²) in [6, 6.07) is 9.79. The molecule has 1 atom stereocenters. The molecule has 168 valence electrons. The minimum absolute atomic E-state index is 0.151. The number of nitrogens with zero attached hydrogens (tertiary/aromatic N) is 3. The van der Waals surface area contributed by atoms with Gasteiger partial charge in [-0.25, -0.2) is 9.19 Å². The number of aromatic nitrogens is 2. The smallest absolute Gasteiger partial charge is 0.236 e. The van der Waals surface area contributed by atoms with E-state index in [4.69, 9.17) is 0 Å². The van der Waals surface area contributed by atoms with Crippen LogP contribution in [0.4, 0.5) is 16.5 Å². The molecule has 1 aliphatic carbocycles. The Labute approximate surface area is 194 Å². The van der Waals surface area contributed by atoms with E-state index in [1.54, 1.807) is 0 Å². The number of thiazole rings is 1. The van der Waals surface area contributed by atoms with Gasteiger partial charge < -0.3 is 10.2 Å². The summed E-state index contributed by atoms with van der Waals surface area (Å²) in [6.07, 6.45) is 5.63. The monoisotopic (exact) mass is 469 g/mol. The first-order chi connectivity index (χ1) is 15.2. The van der Waals surface area contributed by atoms with Crippen molar-refractivity contribution in [2.24, 2.45) is 0 Å². The molecule has 4 rings (SSSR count). The van der Waals surface area contributed by atoms with E-state index in [9.17, 15) is 9.00 Å². The van der Waals surface area contributed by atoms with Crippen molar-refractivity contribution >= 4 is 44.7 Å². The molecule has 1 amide bonds. The molecule has 1 aromatic carbocycles. The van der Waals surface area contributed by atoms with E-state index in [1.165, 1.54) is 11.3 Å². The fourth-order valence-electron chi connectivity index (χ4n) is 3.04. The fraction of sp³-hybridized carbons (Fsp3) is 0.348. The van der Waals surface area contributed by atoms with Gasteiger partial charge >= 0.3 is 0 Å². The van der Waals surface area contributed by atoms with E-state index in [-0.39, 0.29) is 11.2 Å². The lowest BCUT2D eigenvalue weighted by atomic mass is 9.89. The summed E-state index contributed by atoms with van der Waals surface area (Å²) in [5.74, 6) is -0.151. The molecule has 1 unspecified atom stereocenters. The molecule has 1 fully saturated rings. The molecule has 1 saturated carbocycles. The fourth-order valence-corrected chi connectivity index (χ4v) is 5.15. The molecule has 0 aliphatic heterocycles. The molecule has 2 aromatic heterocycles. The van der Waals surface area contributed by atoms with Crippen molar-refractivity contribution < 1.29 is 9.00 Å². The molecule has 32 heavy (non-hydrogen) atoms. The van der Waals surface area contributed by atoms with Gasteiger partial charge in [0.2, 0.25) is 5.91 Å². The van der Waals surface area contributed by atoms with Gasteiger partial charge in [0.25, 0.3) is 0 Å². The number of nitrogens with one attached hydrogen (secondary N) is 2. The van der Waals surface area contributed by atoms with Crippen LogP contribution in [-0.4, -0.2) is 39.4 Å². The quantitative estimate of drug-likeness (QED) is 0.510.